The Labute approximate surface area is 130 Å². The van der Waals surface area contributed by atoms with Crippen molar-refractivity contribution in [3.05, 3.63) is 65.7 Å². The highest BCUT2D eigenvalue weighted by Crippen LogP contribution is 2.12. The summed E-state index contributed by atoms with van der Waals surface area (Å²) >= 11 is 0. The van der Waals surface area contributed by atoms with E-state index in [0.29, 0.717) is 19.7 Å². The Morgan fingerprint density at radius 1 is 1.05 bits per heavy atom. The molecule has 5 heteroatoms. The standard InChI is InChI=1S/C17H20N2O3/c18-12-15-7-4-8-16(11-15)21-10-9-19-17(20)22-13-14-5-2-1-3-6-14/h1-8,11H,9-10,12-13,18H2,(H,19,20). The number of nitrogens with two attached hydrogens (primary N) is 1. The lowest BCUT2D eigenvalue weighted by atomic mass is 10.2. The minimum Gasteiger partial charge on any atom is -0.492 e. The minimum atomic E-state index is -0.455. The van der Waals surface area contributed by atoms with E-state index in [4.69, 9.17) is 15.2 Å². The van der Waals surface area contributed by atoms with Crippen LogP contribution < -0.4 is 15.8 Å². The molecule has 0 saturated heterocycles. The van der Waals surface area contributed by atoms with Crippen molar-refractivity contribution in [1.82, 2.24) is 5.32 Å². The van der Waals surface area contributed by atoms with E-state index in [9.17, 15) is 4.79 Å². The number of alkyl carbamates (subject to hydrolysis) is 1. The highest BCUT2D eigenvalue weighted by atomic mass is 16.5. The van der Waals surface area contributed by atoms with Gasteiger partial charge >= 0.3 is 6.09 Å². The number of nitrogens with one attached hydrogen (secondary N) is 1. The molecule has 0 spiro atoms. The van der Waals surface area contributed by atoms with E-state index < -0.39 is 6.09 Å². The normalized spacial score (nSPS) is 10.0. The lowest BCUT2D eigenvalue weighted by molar-refractivity contribution is 0.137. The maximum Gasteiger partial charge on any atom is 0.407 e. The van der Waals surface area contributed by atoms with Gasteiger partial charge in [0.05, 0.1) is 6.54 Å². The van der Waals surface area contributed by atoms with Crippen molar-refractivity contribution in [3.63, 3.8) is 0 Å². The molecule has 1 amide bonds. The van der Waals surface area contributed by atoms with Gasteiger partial charge < -0.3 is 20.5 Å². The summed E-state index contributed by atoms with van der Waals surface area (Å²) in [5.74, 6) is 0.738. The molecule has 2 rings (SSSR count). The van der Waals surface area contributed by atoms with Crippen LogP contribution >= 0.6 is 0 Å². The van der Waals surface area contributed by atoms with Crippen LogP contribution in [0, 0.1) is 0 Å². The SMILES string of the molecule is NCc1cccc(OCCNC(=O)OCc2ccccc2)c1. The van der Waals surface area contributed by atoms with E-state index in [1.165, 1.54) is 0 Å². The second-order valence-corrected chi connectivity index (χ2v) is 4.69. The van der Waals surface area contributed by atoms with Gasteiger partial charge in [-0.1, -0.05) is 42.5 Å². The average Bonchev–Trinajstić information content (AvgIpc) is 2.58. The number of hydrogen-bond acceptors (Lipinski definition) is 4. The van der Waals surface area contributed by atoms with E-state index in [1.54, 1.807) is 0 Å². The summed E-state index contributed by atoms with van der Waals surface area (Å²) < 4.78 is 10.6. The molecule has 2 aromatic rings. The minimum absolute atomic E-state index is 0.256. The predicted octanol–water partition coefficient (Wildman–Crippen LogP) is 2.45. The van der Waals surface area contributed by atoms with Gasteiger partial charge in [-0.2, -0.15) is 0 Å². The number of rotatable bonds is 7. The maximum absolute atomic E-state index is 11.5. The fourth-order valence-electron chi connectivity index (χ4n) is 1.86. The van der Waals surface area contributed by atoms with E-state index in [-0.39, 0.29) is 6.61 Å². The fourth-order valence-corrected chi connectivity index (χ4v) is 1.86. The quantitative estimate of drug-likeness (QED) is 0.770. The first-order valence-corrected chi connectivity index (χ1v) is 7.14. The van der Waals surface area contributed by atoms with E-state index in [2.05, 4.69) is 5.32 Å². The molecule has 0 heterocycles. The van der Waals surface area contributed by atoms with Gasteiger partial charge in [-0.25, -0.2) is 4.79 Å². The van der Waals surface area contributed by atoms with Crippen LogP contribution in [0.3, 0.4) is 0 Å². The van der Waals surface area contributed by atoms with Crippen LogP contribution in [-0.4, -0.2) is 19.2 Å². The molecular weight excluding hydrogens is 280 g/mol. The largest absolute Gasteiger partial charge is 0.492 e. The summed E-state index contributed by atoms with van der Waals surface area (Å²) in [6.45, 7) is 1.47. The monoisotopic (exact) mass is 300 g/mol. The zero-order valence-corrected chi connectivity index (χ0v) is 12.3. The molecule has 0 aromatic heterocycles. The van der Waals surface area contributed by atoms with Crippen LogP contribution in [0.25, 0.3) is 0 Å². The fraction of sp³-hybridized carbons (Fsp3) is 0.235. The average molecular weight is 300 g/mol. The summed E-state index contributed by atoms with van der Waals surface area (Å²) in [5.41, 5.74) is 7.52. The van der Waals surface area contributed by atoms with Crippen LogP contribution in [0.5, 0.6) is 5.75 Å². The Morgan fingerprint density at radius 2 is 1.82 bits per heavy atom. The third kappa shape index (κ3) is 5.46. The molecule has 0 aliphatic rings. The number of amides is 1. The summed E-state index contributed by atoms with van der Waals surface area (Å²) in [6.07, 6.45) is -0.455. The predicted molar refractivity (Wildman–Crippen MR) is 84.5 cm³/mol. The lowest BCUT2D eigenvalue weighted by Crippen LogP contribution is -2.28. The van der Waals surface area contributed by atoms with Crippen molar-refractivity contribution in [2.24, 2.45) is 5.73 Å². The first-order valence-electron chi connectivity index (χ1n) is 7.14. The second kappa shape index (κ2) is 8.69. The Bertz CT molecular complexity index is 587. The molecule has 0 aliphatic heterocycles. The topological polar surface area (TPSA) is 73.6 Å². The first-order chi connectivity index (χ1) is 10.8. The van der Waals surface area contributed by atoms with Gasteiger partial charge in [0, 0.05) is 6.54 Å². The van der Waals surface area contributed by atoms with Gasteiger partial charge in [-0.15, -0.1) is 0 Å². The maximum atomic E-state index is 11.5. The molecule has 22 heavy (non-hydrogen) atoms. The third-order valence-corrected chi connectivity index (χ3v) is 2.99. The molecule has 0 saturated carbocycles. The Kier molecular flexibility index (Phi) is 6.26. The molecule has 3 N–H and O–H groups in total. The first kappa shape index (κ1) is 15.9. The van der Waals surface area contributed by atoms with Crippen molar-refractivity contribution >= 4 is 6.09 Å². The molecule has 0 unspecified atom stereocenters. The molecule has 5 nitrogen and oxygen atoms in total. The molecule has 116 valence electrons. The Morgan fingerprint density at radius 3 is 2.59 bits per heavy atom. The molecule has 0 atom stereocenters. The molecule has 0 aliphatic carbocycles. The van der Waals surface area contributed by atoms with Gasteiger partial charge in [0.15, 0.2) is 0 Å². The summed E-state index contributed by atoms with van der Waals surface area (Å²) in [7, 11) is 0. The van der Waals surface area contributed by atoms with Crippen molar-refractivity contribution in [1.29, 1.82) is 0 Å². The van der Waals surface area contributed by atoms with E-state index in [1.807, 2.05) is 54.6 Å². The molecular formula is C17H20N2O3. The zero-order chi connectivity index (χ0) is 15.6. The van der Waals surface area contributed by atoms with Gasteiger partial charge in [0.1, 0.15) is 19.0 Å². The van der Waals surface area contributed by atoms with Gasteiger partial charge in [-0.05, 0) is 23.3 Å². The number of ether oxygens (including phenoxy) is 2. The Balaban J connectivity index is 1.62. The van der Waals surface area contributed by atoms with Gasteiger partial charge in [0.2, 0.25) is 0 Å². The Hall–Kier alpha value is -2.53. The van der Waals surface area contributed by atoms with E-state index in [0.717, 1.165) is 16.9 Å². The number of hydrogen-bond donors (Lipinski definition) is 2. The van der Waals surface area contributed by atoms with Crippen molar-refractivity contribution in [3.8, 4) is 5.75 Å². The van der Waals surface area contributed by atoms with Gasteiger partial charge in [-0.3, -0.25) is 0 Å². The second-order valence-electron chi connectivity index (χ2n) is 4.69. The van der Waals surface area contributed by atoms with Crippen molar-refractivity contribution in [2.75, 3.05) is 13.2 Å². The molecule has 0 fully saturated rings. The van der Waals surface area contributed by atoms with Crippen LogP contribution in [0.15, 0.2) is 54.6 Å². The number of carbonyl (C=O) groups excluding carboxylic acids is 1. The van der Waals surface area contributed by atoms with Crippen LogP contribution in [-0.2, 0) is 17.9 Å². The van der Waals surface area contributed by atoms with Gasteiger partial charge in [0.25, 0.3) is 0 Å². The molecule has 0 radical (unpaired) electrons. The van der Waals surface area contributed by atoms with E-state index >= 15 is 0 Å². The third-order valence-electron chi connectivity index (χ3n) is 2.99. The van der Waals surface area contributed by atoms with Crippen molar-refractivity contribution < 1.29 is 14.3 Å². The highest BCUT2D eigenvalue weighted by Gasteiger charge is 2.02. The summed E-state index contributed by atoms with van der Waals surface area (Å²) in [6, 6.07) is 17.1. The van der Waals surface area contributed by atoms with Crippen LogP contribution in [0.1, 0.15) is 11.1 Å². The lowest BCUT2D eigenvalue weighted by Gasteiger charge is -2.09. The van der Waals surface area contributed by atoms with Crippen LogP contribution in [0.2, 0.25) is 0 Å². The molecule has 2 aromatic carbocycles. The van der Waals surface area contributed by atoms with Crippen LogP contribution in [0.4, 0.5) is 4.79 Å². The smallest absolute Gasteiger partial charge is 0.407 e. The zero-order valence-electron chi connectivity index (χ0n) is 12.3. The molecule has 0 bridgehead atoms. The summed E-state index contributed by atoms with van der Waals surface area (Å²) in [5, 5.41) is 2.64. The highest BCUT2D eigenvalue weighted by molar-refractivity contribution is 5.67. The van der Waals surface area contributed by atoms with Crippen molar-refractivity contribution in [2.45, 2.75) is 13.2 Å². The number of carbonyl (C=O) groups is 1. The number of benzene rings is 2. The summed E-state index contributed by atoms with van der Waals surface area (Å²) in [4.78, 5) is 11.5.